The van der Waals surface area contributed by atoms with Crippen molar-refractivity contribution in [2.45, 2.75) is 17.9 Å². The minimum atomic E-state index is -1.22. The molecule has 0 aliphatic rings. The summed E-state index contributed by atoms with van der Waals surface area (Å²) in [6, 6.07) is 37.4. The number of nitrogens with zero attached hydrogens (tertiary/aromatic N) is 1. The Balaban J connectivity index is 1.88. The third-order valence-electron chi connectivity index (χ3n) is 7.24. The van der Waals surface area contributed by atoms with E-state index in [1.807, 2.05) is 36.4 Å². The zero-order valence-electron chi connectivity index (χ0n) is 21.3. The lowest BCUT2D eigenvalue weighted by molar-refractivity contribution is 0.00566. The van der Waals surface area contributed by atoms with Crippen LogP contribution in [0.25, 0.3) is 21.5 Å². The molecule has 5 aromatic rings. The molecule has 0 spiro atoms. The van der Waals surface area contributed by atoms with E-state index >= 15 is 0 Å². The van der Waals surface area contributed by atoms with Gasteiger partial charge in [-0.3, -0.25) is 0 Å². The molecule has 0 bridgehead atoms. The topological polar surface area (TPSA) is 32.7 Å². The summed E-state index contributed by atoms with van der Waals surface area (Å²) in [5.74, 6) is 0.396. The Labute approximate surface area is 227 Å². The zero-order chi connectivity index (χ0) is 25.8. The molecule has 0 aliphatic heterocycles. The molecule has 0 radical (unpaired) electrons. The van der Waals surface area contributed by atoms with Gasteiger partial charge in [-0.25, -0.2) is 0 Å². The first-order valence-corrected chi connectivity index (χ1v) is 13.8. The first-order chi connectivity index (χ1) is 18.0. The minimum Gasteiger partial charge on any atom is -0.482 e. The fourth-order valence-corrected chi connectivity index (χ4v) is 5.76. The van der Waals surface area contributed by atoms with Crippen molar-refractivity contribution in [3.8, 4) is 5.75 Å². The molecule has 4 heteroatoms. The van der Waals surface area contributed by atoms with Gasteiger partial charge in [0, 0.05) is 18.0 Å². The fourth-order valence-electron chi connectivity index (χ4n) is 5.52. The summed E-state index contributed by atoms with van der Waals surface area (Å²) in [6.45, 7) is 0.725. The first kappa shape index (κ1) is 25.5. The van der Waals surface area contributed by atoms with Crippen LogP contribution in [-0.2, 0) is 5.60 Å². The van der Waals surface area contributed by atoms with Crippen LogP contribution in [0.1, 0.15) is 29.0 Å². The van der Waals surface area contributed by atoms with Gasteiger partial charge in [-0.15, -0.1) is 0 Å². The number of hydrogen-bond donors (Lipinski definition) is 1. The maximum atomic E-state index is 13.2. The van der Waals surface area contributed by atoms with Gasteiger partial charge in [-0.05, 0) is 75.2 Å². The van der Waals surface area contributed by atoms with Crippen LogP contribution in [0.4, 0.5) is 0 Å². The van der Waals surface area contributed by atoms with Crippen LogP contribution >= 0.6 is 15.9 Å². The maximum Gasteiger partial charge on any atom is 0.143 e. The summed E-state index contributed by atoms with van der Waals surface area (Å²) in [4.78, 5) is 2.14. The van der Waals surface area contributed by atoms with E-state index in [4.69, 9.17) is 4.74 Å². The summed E-state index contributed by atoms with van der Waals surface area (Å²) >= 11 is 3.48. The van der Waals surface area contributed by atoms with Gasteiger partial charge < -0.3 is 14.7 Å². The van der Waals surface area contributed by atoms with Gasteiger partial charge in [0.15, 0.2) is 0 Å². The highest BCUT2D eigenvalue weighted by atomic mass is 79.9. The molecule has 0 heterocycles. The van der Waals surface area contributed by atoms with Crippen LogP contribution in [0.3, 0.4) is 0 Å². The quantitative estimate of drug-likeness (QED) is 0.190. The van der Waals surface area contributed by atoms with Crippen molar-refractivity contribution >= 4 is 37.5 Å². The number of rotatable bonds is 9. The average Bonchev–Trinajstić information content (AvgIpc) is 2.93. The smallest absolute Gasteiger partial charge is 0.143 e. The molecule has 188 valence electrons. The molecule has 0 unspecified atom stereocenters. The molecule has 0 saturated heterocycles. The molecule has 3 nitrogen and oxygen atoms in total. The zero-order valence-corrected chi connectivity index (χ0v) is 22.9. The number of fused-ring (bicyclic) bond motifs is 2. The SMILES string of the molecule is CN(C)CC[C@](O)(c1cccc2ccccc12)[C@@H](c1ccccc1)c1c(OCBr)ccc2ccccc12. The molecule has 0 aromatic heterocycles. The van der Waals surface area contributed by atoms with Crippen molar-refractivity contribution in [2.75, 3.05) is 26.2 Å². The second-order valence-electron chi connectivity index (χ2n) is 9.80. The average molecular weight is 555 g/mol. The maximum absolute atomic E-state index is 13.2. The van der Waals surface area contributed by atoms with E-state index in [1.54, 1.807) is 0 Å². The molecular formula is C33H32BrNO2. The van der Waals surface area contributed by atoms with Crippen molar-refractivity contribution < 1.29 is 9.84 Å². The third kappa shape index (κ3) is 5.02. The van der Waals surface area contributed by atoms with Gasteiger partial charge in [0.25, 0.3) is 0 Å². The summed E-state index contributed by atoms with van der Waals surface area (Å²) in [5.41, 5.74) is 2.12. The Morgan fingerprint density at radius 3 is 2.08 bits per heavy atom. The van der Waals surface area contributed by atoms with E-state index in [0.29, 0.717) is 11.9 Å². The summed E-state index contributed by atoms with van der Waals surface area (Å²) < 4.78 is 6.19. The lowest BCUT2D eigenvalue weighted by Gasteiger charge is -2.40. The number of halogens is 1. The highest BCUT2D eigenvalue weighted by Gasteiger charge is 2.43. The summed E-state index contributed by atoms with van der Waals surface area (Å²) in [6.07, 6.45) is 0.546. The molecule has 5 rings (SSSR count). The highest BCUT2D eigenvalue weighted by Crippen LogP contribution is 2.50. The lowest BCUT2D eigenvalue weighted by Crippen LogP contribution is -2.38. The Bertz CT molecular complexity index is 1500. The third-order valence-corrected chi connectivity index (χ3v) is 7.47. The number of aliphatic hydroxyl groups is 1. The second kappa shape index (κ2) is 11.1. The first-order valence-electron chi connectivity index (χ1n) is 12.6. The Morgan fingerprint density at radius 2 is 1.38 bits per heavy atom. The Morgan fingerprint density at radius 1 is 0.757 bits per heavy atom. The van der Waals surface area contributed by atoms with Crippen LogP contribution in [0.15, 0.2) is 109 Å². The van der Waals surface area contributed by atoms with Crippen LogP contribution in [-0.4, -0.2) is 36.2 Å². The second-order valence-corrected chi connectivity index (χ2v) is 10.3. The normalized spacial score (nSPS) is 14.1. The van der Waals surface area contributed by atoms with Crippen molar-refractivity contribution in [3.63, 3.8) is 0 Å². The molecule has 1 N–H and O–H groups in total. The van der Waals surface area contributed by atoms with Crippen molar-refractivity contribution in [1.82, 2.24) is 4.90 Å². The van der Waals surface area contributed by atoms with Crippen LogP contribution in [0, 0.1) is 0 Å². The van der Waals surface area contributed by atoms with Gasteiger partial charge in [0.1, 0.15) is 16.9 Å². The van der Waals surface area contributed by atoms with Gasteiger partial charge >= 0.3 is 0 Å². The number of ether oxygens (including phenoxy) is 1. The molecule has 0 aliphatic carbocycles. The fraction of sp³-hybridized carbons (Fsp3) is 0.212. The Kier molecular flexibility index (Phi) is 7.61. The number of benzene rings is 5. The van der Waals surface area contributed by atoms with Gasteiger partial charge in [0.2, 0.25) is 0 Å². The number of hydrogen-bond acceptors (Lipinski definition) is 3. The molecule has 0 amide bonds. The summed E-state index contributed by atoms with van der Waals surface area (Å²) in [7, 11) is 4.11. The monoisotopic (exact) mass is 553 g/mol. The predicted octanol–water partition coefficient (Wildman–Crippen LogP) is 7.70. The van der Waals surface area contributed by atoms with Gasteiger partial charge in [-0.2, -0.15) is 0 Å². The largest absolute Gasteiger partial charge is 0.482 e. The minimum absolute atomic E-state index is 0.365. The van der Waals surface area contributed by atoms with Crippen molar-refractivity contribution in [2.24, 2.45) is 0 Å². The van der Waals surface area contributed by atoms with Gasteiger partial charge in [-0.1, -0.05) is 103 Å². The van der Waals surface area contributed by atoms with E-state index in [9.17, 15) is 5.11 Å². The van der Waals surface area contributed by atoms with Crippen molar-refractivity contribution in [1.29, 1.82) is 0 Å². The molecule has 2 atom stereocenters. The standard InChI is InChI=1S/C33H32BrNO2/c1-35(2)22-21-33(36,29-18-10-15-24-11-6-8-16-27(24)29)32(26-13-4-3-5-14-26)31-28-17-9-7-12-25(28)19-20-30(31)37-23-34/h3-20,32,36H,21-23H2,1-2H3/t32-,33-/m0/s1. The predicted molar refractivity (Wildman–Crippen MR) is 158 cm³/mol. The molecule has 0 fully saturated rings. The van der Waals surface area contributed by atoms with E-state index < -0.39 is 5.60 Å². The van der Waals surface area contributed by atoms with Crippen molar-refractivity contribution in [3.05, 3.63) is 126 Å². The van der Waals surface area contributed by atoms with E-state index in [1.165, 1.54) is 0 Å². The van der Waals surface area contributed by atoms with Gasteiger partial charge in [0.05, 0.1) is 0 Å². The van der Waals surface area contributed by atoms with E-state index in [2.05, 4.69) is 108 Å². The lowest BCUT2D eigenvalue weighted by atomic mass is 9.69. The summed E-state index contributed by atoms with van der Waals surface area (Å²) in [5, 5.41) is 17.5. The van der Waals surface area contributed by atoms with E-state index in [0.717, 1.165) is 50.5 Å². The van der Waals surface area contributed by atoms with Crippen LogP contribution in [0.2, 0.25) is 0 Å². The molecule has 5 aromatic carbocycles. The van der Waals surface area contributed by atoms with Crippen LogP contribution < -0.4 is 4.74 Å². The molecule has 37 heavy (non-hydrogen) atoms. The highest BCUT2D eigenvalue weighted by molar-refractivity contribution is 9.09. The number of alkyl halides is 1. The Hall–Kier alpha value is -3.18. The molecule has 0 saturated carbocycles. The molecular weight excluding hydrogens is 522 g/mol. The van der Waals surface area contributed by atoms with Crippen LogP contribution in [0.5, 0.6) is 5.75 Å². The van der Waals surface area contributed by atoms with E-state index in [-0.39, 0.29) is 5.92 Å².